The van der Waals surface area contributed by atoms with E-state index in [1.165, 1.54) is 6.20 Å². The number of pyridine rings is 1. The van der Waals surface area contributed by atoms with Crippen molar-refractivity contribution in [1.29, 1.82) is 0 Å². The average Bonchev–Trinajstić information content (AvgIpc) is 2.82. The SMILES string of the molecule is CS/C(=N/C(=O)Nc1cncc2cccc(CNC(=O)OC(C)(C)C)c12)NCc1cc(F)c(F)c(F)c1. The van der Waals surface area contributed by atoms with Crippen LogP contribution in [0.3, 0.4) is 0 Å². The minimum absolute atomic E-state index is 0.0859. The molecule has 37 heavy (non-hydrogen) atoms. The smallest absolute Gasteiger partial charge is 0.407 e. The minimum Gasteiger partial charge on any atom is -0.444 e. The van der Waals surface area contributed by atoms with Gasteiger partial charge in [0, 0.05) is 30.1 Å². The van der Waals surface area contributed by atoms with Crippen molar-refractivity contribution in [3.8, 4) is 0 Å². The minimum atomic E-state index is -1.55. The first-order valence-electron chi connectivity index (χ1n) is 11.1. The van der Waals surface area contributed by atoms with Gasteiger partial charge in [-0.05, 0) is 50.3 Å². The maximum Gasteiger partial charge on any atom is 0.407 e. The maximum atomic E-state index is 13.5. The summed E-state index contributed by atoms with van der Waals surface area (Å²) >= 11 is 1.10. The van der Waals surface area contributed by atoms with E-state index in [-0.39, 0.29) is 23.8 Å². The Labute approximate surface area is 216 Å². The van der Waals surface area contributed by atoms with Crippen LogP contribution in [0.2, 0.25) is 0 Å². The van der Waals surface area contributed by atoms with Crippen LogP contribution in [-0.2, 0) is 17.8 Å². The third kappa shape index (κ3) is 7.84. The van der Waals surface area contributed by atoms with Gasteiger partial charge >= 0.3 is 12.1 Å². The molecule has 1 heterocycles. The van der Waals surface area contributed by atoms with Crippen molar-refractivity contribution >= 4 is 45.5 Å². The van der Waals surface area contributed by atoms with Crippen LogP contribution in [0, 0.1) is 17.5 Å². The maximum absolute atomic E-state index is 13.5. The molecule has 3 N–H and O–H groups in total. The fourth-order valence-corrected chi connectivity index (χ4v) is 3.71. The molecule has 0 aliphatic heterocycles. The first-order valence-corrected chi connectivity index (χ1v) is 12.3. The molecule has 3 amide bonds. The molecule has 0 aliphatic carbocycles. The van der Waals surface area contributed by atoms with E-state index in [4.69, 9.17) is 4.74 Å². The Morgan fingerprint density at radius 1 is 1.05 bits per heavy atom. The van der Waals surface area contributed by atoms with E-state index in [9.17, 15) is 22.8 Å². The summed E-state index contributed by atoms with van der Waals surface area (Å²) in [4.78, 5) is 32.9. The Morgan fingerprint density at radius 2 is 1.76 bits per heavy atom. The molecule has 0 saturated carbocycles. The van der Waals surface area contributed by atoms with Crippen LogP contribution < -0.4 is 16.0 Å². The van der Waals surface area contributed by atoms with Crippen molar-refractivity contribution in [1.82, 2.24) is 15.6 Å². The summed E-state index contributed by atoms with van der Waals surface area (Å²) in [5, 5.41) is 9.74. The van der Waals surface area contributed by atoms with Gasteiger partial charge in [-0.15, -0.1) is 0 Å². The number of urea groups is 1. The van der Waals surface area contributed by atoms with Crippen molar-refractivity contribution in [3.63, 3.8) is 0 Å². The molecule has 2 aromatic carbocycles. The van der Waals surface area contributed by atoms with Crippen LogP contribution in [0.5, 0.6) is 0 Å². The zero-order chi connectivity index (χ0) is 27.2. The summed E-state index contributed by atoms with van der Waals surface area (Å²) in [6.45, 7) is 5.34. The molecule has 3 aromatic rings. The van der Waals surface area contributed by atoms with E-state index in [1.807, 2.05) is 6.07 Å². The van der Waals surface area contributed by atoms with Crippen molar-refractivity contribution in [3.05, 3.63) is 71.3 Å². The highest BCUT2D eigenvalue weighted by molar-refractivity contribution is 8.13. The Balaban J connectivity index is 1.75. The average molecular weight is 534 g/mol. The fourth-order valence-electron chi connectivity index (χ4n) is 3.32. The number of rotatable bonds is 5. The quantitative estimate of drug-likeness (QED) is 0.220. The van der Waals surface area contributed by atoms with E-state index in [0.717, 1.165) is 29.3 Å². The first-order chi connectivity index (χ1) is 17.5. The number of carbonyl (C=O) groups is 2. The van der Waals surface area contributed by atoms with E-state index in [1.54, 1.807) is 45.4 Å². The monoisotopic (exact) mass is 533 g/mol. The van der Waals surface area contributed by atoms with Crippen LogP contribution >= 0.6 is 11.8 Å². The lowest BCUT2D eigenvalue weighted by molar-refractivity contribution is 0.0523. The molecule has 12 heteroatoms. The molecule has 0 aliphatic rings. The number of amidine groups is 1. The number of hydrogen-bond donors (Lipinski definition) is 3. The standard InChI is InChI=1S/C25H26F3N5O3S/c1-25(2,3)36-24(35)31-12-16-7-5-6-15-11-29-13-19(20(15)16)32-22(34)33-23(37-4)30-10-14-8-17(26)21(28)18(27)9-14/h5-9,11,13H,10,12H2,1-4H3,(H,31,35)(H2,30,32,33,34). The summed E-state index contributed by atoms with van der Waals surface area (Å²) in [6, 6.07) is 6.41. The number of nitrogens with zero attached hydrogens (tertiary/aromatic N) is 2. The molecule has 0 fully saturated rings. The van der Waals surface area contributed by atoms with Gasteiger partial charge in [0.05, 0.1) is 11.9 Å². The molecule has 1 aromatic heterocycles. The number of fused-ring (bicyclic) bond motifs is 1. The van der Waals surface area contributed by atoms with E-state index >= 15 is 0 Å². The topological polar surface area (TPSA) is 105 Å². The molecule has 196 valence electrons. The highest BCUT2D eigenvalue weighted by atomic mass is 32.2. The van der Waals surface area contributed by atoms with Crippen molar-refractivity contribution in [2.45, 2.75) is 39.5 Å². The third-order valence-electron chi connectivity index (χ3n) is 4.82. The molecule has 0 bridgehead atoms. The number of ether oxygens (including phenoxy) is 1. The van der Waals surface area contributed by atoms with Gasteiger partial charge in [0.25, 0.3) is 0 Å². The Kier molecular flexibility index (Phi) is 8.98. The van der Waals surface area contributed by atoms with Crippen molar-refractivity contribution < 1.29 is 27.5 Å². The number of aliphatic imine (C=N–C) groups is 1. The molecule has 0 unspecified atom stereocenters. The number of carbonyl (C=O) groups excluding carboxylic acids is 2. The second-order valence-corrected chi connectivity index (χ2v) is 9.63. The van der Waals surface area contributed by atoms with Gasteiger partial charge in [0.15, 0.2) is 22.6 Å². The van der Waals surface area contributed by atoms with E-state index in [2.05, 4.69) is 25.9 Å². The Bertz CT molecular complexity index is 1320. The van der Waals surface area contributed by atoms with Crippen molar-refractivity contribution in [2.24, 2.45) is 4.99 Å². The predicted octanol–water partition coefficient (Wildman–Crippen LogP) is 5.72. The predicted molar refractivity (Wildman–Crippen MR) is 138 cm³/mol. The van der Waals surface area contributed by atoms with Gasteiger partial charge in [-0.1, -0.05) is 30.0 Å². The van der Waals surface area contributed by atoms with Gasteiger partial charge in [-0.3, -0.25) is 4.98 Å². The number of anilines is 1. The lowest BCUT2D eigenvalue weighted by Crippen LogP contribution is -2.32. The fraction of sp³-hybridized carbons (Fsp3) is 0.280. The van der Waals surface area contributed by atoms with Gasteiger partial charge < -0.3 is 20.7 Å². The zero-order valence-electron chi connectivity index (χ0n) is 20.6. The van der Waals surface area contributed by atoms with Crippen LogP contribution in [0.15, 0.2) is 47.7 Å². The molecule has 8 nitrogen and oxygen atoms in total. The molecule has 0 atom stereocenters. The number of hydrogen-bond acceptors (Lipinski definition) is 5. The first kappa shape index (κ1) is 27.8. The Hall–Kier alpha value is -3.80. The van der Waals surface area contributed by atoms with Crippen LogP contribution in [0.4, 0.5) is 28.4 Å². The Morgan fingerprint density at radius 3 is 2.41 bits per heavy atom. The number of thioether (sulfide) groups is 1. The number of alkyl carbamates (subject to hydrolysis) is 1. The summed E-state index contributed by atoms with van der Waals surface area (Å²) < 4.78 is 45.3. The molecular formula is C25H26F3N5O3S. The molecular weight excluding hydrogens is 507 g/mol. The number of benzene rings is 2. The molecule has 0 radical (unpaired) electrons. The number of amides is 3. The molecule has 0 spiro atoms. The molecule has 3 rings (SSSR count). The third-order valence-corrected chi connectivity index (χ3v) is 5.44. The summed E-state index contributed by atoms with van der Waals surface area (Å²) in [7, 11) is 0. The van der Waals surface area contributed by atoms with Crippen molar-refractivity contribution in [2.75, 3.05) is 11.6 Å². The van der Waals surface area contributed by atoms with E-state index < -0.39 is 35.2 Å². The lowest BCUT2D eigenvalue weighted by Gasteiger charge is -2.20. The molecule has 0 saturated heterocycles. The lowest BCUT2D eigenvalue weighted by atomic mass is 10.0. The second kappa shape index (κ2) is 12.0. The van der Waals surface area contributed by atoms with Gasteiger partial charge in [0.2, 0.25) is 0 Å². The van der Waals surface area contributed by atoms with Gasteiger partial charge in [0.1, 0.15) is 5.60 Å². The number of aromatic nitrogens is 1. The van der Waals surface area contributed by atoms with Crippen LogP contribution in [0.25, 0.3) is 10.8 Å². The summed E-state index contributed by atoms with van der Waals surface area (Å²) in [5.74, 6) is -4.17. The van der Waals surface area contributed by atoms with Gasteiger partial charge in [-0.2, -0.15) is 4.99 Å². The van der Waals surface area contributed by atoms with E-state index in [0.29, 0.717) is 16.6 Å². The highest BCUT2D eigenvalue weighted by Gasteiger charge is 2.17. The van der Waals surface area contributed by atoms with Crippen LogP contribution in [0.1, 0.15) is 31.9 Å². The second-order valence-electron chi connectivity index (χ2n) is 8.84. The zero-order valence-corrected chi connectivity index (χ0v) is 21.4. The summed E-state index contributed by atoms with van der Waals surface area (Å²) in [6.07, 6.45) is 4.17. The largest absolute Gasteiger partial charge is 0.444 e. The highest BCUT2D eigenvalue weighted by Crippen LogP contribution is 2.26. The summed E-state index contributed by atoms with van der Waals surface area (Å²) in [5.41, 5.74) is 0.579. The van der Waals surface area contributed by atoms with Gasteiger partial charge in [-0.25, -0.2) is 22.8 Å². The van der Waals surface area contributed by atoms with Crippen LogP contribution in [-0.4, -0.2) is 34.1 Å². The number of halogens is 3. The number of nitrogens with one attached hydrogen (secondary N) is 3. The normalized spacial score (nSPS) is 11.8.